The summed E-state index contributed by atoms with van der Waals surface area (Å²) in [4.78, 5) is 11.9. The highest BCUT2D eigenvalue weighted by Crippen LogP contribution is 2.39. The van der Waals surface area contributed by atoms with Crippen LogP contribution >= 0.6 is 0 Å². The number of ketones is 1. The molecule has 1 heterocycles. The quantitative estimate of drug-likeness (QED) is 0.559. The summed E-state index contributed by atoms with van der Waals surface area (Å²) >= 11 is 0. The molecule has 0 saturated carbocycles. The summed E-state index contributed by atoms with van der Waals surface area (Å²) < 4.78 is 0. The van der Waals surface area contributed by atoms with Crippen molar-refractivity contribution in [3.63, 3.8) is 0 Å². The normalized spacial score (nSPS) is 24.8. The van der Waals surface area contributed by atoms with Crippen molar-refractivity contribution in [3.8, 4) is 0 Å². The van der Waals surface area contributed by atoms with Crippen molar-refractivity contribution in [3.05, 3.63) is 23.0 Å². The zero-order valence-corrected chi connectivity index (χ0v) is 8.09. The average Bonchev–Trinajstić information content (AvgIpc) is 2.41. The molecule has 0 radical (unpaired) electrons. The molecule has 0 aromatic rings. The van der Waals surface area contributed by atoms with Crippen molar-refractivity contribution < 1.29 is 4.79 Å². The summed E-state index contributed by atoms with van der Waals surface area (Å²) in [6.07, 6.45) is 2.76. The van der Waals surface area contributed by atoms with E-state index in [9.17, 15) is 4.79 Å². The summed E-state index contributed by atoms with van der Waals surface area (Å²) in [6, 6.07) is 0. The second-order valence-electron chi connectivity index (χ2n) is 4.17. The van der Waals surface area contributed by atoms with Gasteiger partial charge in [0.05, 0.1) is 17.0 Å². The van der Waals surface area contributed by atoms with Gasteiger partial charge in [0.2, 0.25) is 0 Å². The lowest BCUT2D eigenvalue weighted by atomic mass is 9.76. The number of hydrogen-bond acceptors (Lipinski definition) is 3. The molecule has 0 saturated heterocycles. The van der Waals surface area contributed by atoms with Gasteiger partial charge >= 0.3 is 0 Å². The van der Waals surface area contributed by atoms with E-state index < -0.39 is 0 Å². The van der Waals surface area contributed by atoms with Crippen LogP contribution in [0.15, 0.2) is 33.3 Å². The zero-order valence-electron chi connectivity index (χ0n) is 8.09. The number of Topliss-reactive ketones (excluding diaryl/α,β-unsaturated/α-hetero) is 1. The third-order valence-corrected chi connectivity index (χ3v) is 2.57. The van der Waals surface area contributed by atoms with Gasteiger partial charge in [0.1, 0.15) is 0 Å². The molecule has 3 nitrogen and oxygen atoms in total. The Hall–Kier alpha value is -1.25. The van der Waals surface area contributed by atoms with Gasteiger partial charge < -0.3 is 0 Å². The monoisotopic (exact) mass is 176 g/mol. The molecule has 3 heteroatoms. The minimum absolute atomic E-state index is 0.174. The number of carbonyl (C=O) groups excluding carboxylic acids is 1. The lowest BCUT2D eigenvalue weighted by molar-refractivity contribution is -0.123. The largest absolute Gasteiger partial charge is 0.293 e. The fraction of sp³-hybridized carbons (Fsp3) is 0.500. The van der Waals surface area contributed by atoms with Gasteiger partial charge in [0.25, 0.3) is 0 Å². The highest BCUT2D eigenvalue weighted by molar-refractivity contribution is 6.05. The van der Waals surface area contributed by atoms with E-state index in [0.29, 0.717) is 0 Å². The molecule has 13 heavy (non-hydrogen) atoms. The molecule has 68 valence electrons. The predicted octanol–water partition coefficient (Wildman–Crippen LogP) is 2.61. The Balaban J connectivity index is 2.55. The number of carbonyl (C=O) groups is 1. The molecule has 2 rings (SSSR count). The van der Waals surface area contributed by atoms with Gasteiger partial charge in [0.15, 0.2) is 5.78 Å². The topological polar surface area (TPSA) is 41.8 Å². The Morgan fingerprint density at radius 3 is 2.77 bits per heavy atom. The van der Waals surface area contributed by atoms with E-state index in [1.54, 1.807) is 0 Å². The van der Waals surface area contributed by atoms with Gasteiger partial charge in [-0.05, 0) is 13.3 Å². The van der Waals surface area contributed by atoms with E-state index in [1.165, 1.54) is 0 Å². The summed E-state index contributed by atoms with van der Waals surface area (Å²) in [6.45, 7) is 5.75. The van der Waals surface area contributed by atoms with Gasteiger partial charge in [-0.15, -0.1) is 0 Å². The van der Waals surface area contributed by atoms with E-state index in [4.69, 9.17) is 0 Å². The molecule has 0 aromatic heterocycles. The van der Waals surface area contributed by atoms with Crippen molar-refractivity contribution >= 4 is 5.78 Å². The number of hydrogen-bond donors (Lipinski definition) is 0. The van der Waals surface area contributed by atoms with E-state index >= 15 is 0 Å². The number of rotatable bonds is 0. The molecule has 0 aromatic carbocycles. The van der Waals surface area contributed by atoms with Crippen molar-refractivity contribution in [1.82, 2.24) is 0 Å². The summed E-state index contributed by atoms with van der Waals surface area (Å²) in [7, 11) is 0. The fourth-order valence-electron chi connectivity index (χ4n) is 1.62. The van der Waals surface area contributed by atoms with Gasteiger partial charge in [-0.3, -0.25) is 4.79 Å². The second kappa shape index (κ2) is 2.37. The summed E-state index contributed by atoms with van der Waals surface area (Å²) in [5, 5.41) is 7.86. The first-order valence-corrected chi connectivity index (χ1v) is 4.40. The lowest BCUT2D eigenvalue weighted by Crippen LogP contribution is -2.28. The van der Waals surface area contributed by atoms with Crippen LogP contribution < -0.4 is 0 Å². The van der Waals surface area contributed by atoms with Crippen LogP contribution in [0.4, 0.5) is 0 Å². The highest BCUT2D eigenvalue weighted by atomic mass is 16.1. The molecule has 0 atom stereocenters. The smallest absolute Gasteiger partial charge is 0.172 e. The average molecular weight is 176 g/mol. The van der Waals surface area contributed by atoms with Gasteiger partial charge in [-0.1, -0.05) is 19.9 Å². The molecular weight excluding hydrogens is 164 g/mol. The van der Waals surface area contributed by atoms with Crippen LogP contribution in [0.5, 0.6) is 0 Å². The predicted molar refractivity (Wildman–Crippen MR) is 49.0 cm³/mol. The SMILES string of the molecule is CC1=C2C(=O)C(C)(C)CC=C2N=N1. The number of fused-ring (bicyclic) bond motifs is 1. The molecule has 2 aliphatic rings. The Morgan fingerprint density at radius 1 is 1.38 bits per heavy atom. The third-order valence-electron chi connectivity index (χ3n) is 2.57. The molecule has 0 bridgehead atoms. The van der Waals surface area contributed by atoms with Crippen molar-refractivity contribution in [2.24, 2.45) is 15.6 Å². The van der Waals surface area contributed by atoms with Crippen molar-refractivity contribution in [2.45, 2.75) is 27.2 Å². The second-order valence-corrected chi connectivity index (χ2v) is 4.17. The Bertz CT molecular complexity index is 372. The molecular formula is C10H12N2O. The lowest BCUT2D eigenvalue weighted by Gasteiger charge is -2.26. The van der Waals surface area contributed by atoms with E-state index in [0.717, 1.165) is 23.4 Å². The minimum Gasteiger partial charge on any atom is -0.293 e. The van der Waals surface area contributed by atoms with Crippen LogP contribution in [0.3, 0.4) is 0 Å². The summed E-state index contributed by atoms with van der Waals surface area (Å²) in [5.74, 6) is 0.174. The minimum atomic E-state index is -0.282. The van der Waals surface area contributed by atoms with Gasteiger partial charge in [0, 0.05) is 5.41 Å². The van der Waals surface area contributed by atoms with Crippen LogP contribution in [-0.2, 0) is 4.79 Å². The molecule has 0 unspecified atom stereocenters. The van der Waals surface area contributed by atoms with Crippen LogP contribution in [0, 0.1) is 5.41 Å². The Kier molecular flexibility index (Phi) is 1.53. The van der Waals surface area contributed by atoms with Crippen molar-refractivity contribution in [2.75, 3.05) is 0 Å². The molecule has 0 fully saturated rings. The standard InChI is InChI=1S/C10H12N2O/c1-6-8-7(12-11-6)4-5-10(2,3)9(8)13/h4H,5H2,1-3H3. The first-order chi connectivity index (χ1) is 6.02. The molecule has 1 aliphatic heterocycles. The van der Waals surface area contributed by atoms with Gasteiger partial charge in [-0.2, -0.15) is 10.2 Å². The van der Waals surface area contributed by atoms with Crippen LogP contribution in [0.1, 0.15) is 27.2 Å². The maximum Gasteiger partial charge on any atom is 0.172 e. The fourth-order valence-corrected chi connectivity index (χ4v) is 1.62. The number of nitrogens with zero attached hydrogens (tertiary/aromatic N) is 2. The summed E-state index contributed by atoms with van der Waals surface area (Å²) in [5.41, 5.74) is 1.96. The maximum absolute atomic E-state index is 11.9. The Morgan fingerprint density at radius 2 is 2.08 bits per heavy atom. The third kappa shape index (κ3) is 1.07. The van der Waals surface area contributed by atoms with Crippen molar-refractivity contribution in [1.29, 1.82) is 0 Å². The van der Waals surface area contributed by atoms with Gasteiger partial charge in [-0.25, -0.2) is 0 Å². The van der Waals surface area contributed by atoms with Crippen LogP contribution in [-0.4, -0.2) is 5.78 Å². The number of allylic oxidation sites excluding steroid dienone is 3. The molecule has 0 amide bonds. The Labute approximate surface area is 77.2 Å². The van der Waals surface area contributed by atoms with Crippen LogP contribution in [0.25, 0.3) is 0 Å². The first kappa shape index (κ1) is 8.35. The highest BCUT2D eigenvalue weighted by Gasteiger charge is 2.37. The molecule has 0 spiro atoms. The zero-order chi connectivity index (χ0) is 9.64. The maximum atomic E-state index is 11.9. The first-order valence-electron chi connectivity index (χ1n) is 4.40. The number of azo groups is 1. The van der Waals surface area contributed by atoms with E-state index in [2.05, 4.69) is 10.2 Å². The van der Waals surface area contributed by atoms with E-state index in [1.807, 2.05) is 26.8 Å². The van der Waals surface area contributed by atoms with Crippen LogP contribution in [0.2, 0.25) is 0 Å². The molecule has 0 N–H and O–H groups in total. The molecule has 1 aliphatic carbocycles. The van der Waals surface area contributed by atoms with E-state index in [-0.39, 0.29) is 11.2 Å².